The first kappa shape index (κ1) is 5.58. The summed E-state index contributed by atoms with van der Waals surface area (Å²) in [6.07, 6.45) is 2.47. The normalized spacial score (nSPS) is 22.0. The number of rotatable bonds is 2. The molecule has 0 aliphatic heterocycles. The highest BCUT2D eigenvalue weighted by Crippen LogP contribution is 2.31. The van der Waals surface area contributed by atoms with Crippen LogP contribution in [0.15, 0.2) is 0 Å². The van der Waals surface area contributed by atoms with Crippen molar-refractivity contribution in [1.82, 2.24) is 5.32 Å². The van der Waals surface area contributed by atoms with Gasteiger partial charge in [0.05, 0.1) is 12.1 Å². The highest BCUT2D eigenvalue weighted by Gasteiger charge is 2.29. The lowest BCUT2D eigenvalue weighted by molar-refractivity contribution is 0.608. The molecule has 1 N–H and O–H groups in total. The van der Waals surface area contributed by atoms with Gasteiger partial charge in [-0.15, -0.1) is 0 Å². The Morgan fingerprint density at radius 1 is 1.75 bits per heavy atom. The molecule has 2 nitrogen and oxygen atoms in total. The van der Waals surface area contributed by atoms with Gasteiger partial charge in [-0.25, -0.2) is 0 Å². The van der Waals surface area contributed by atoms with Gasteiger partial charge in [-0.3, -0.25) is 0 Å². The van der Waals surface area contributed by atoms with Gasteiger partial charge in [-0.1, -0.05) is 0 Å². The average Bonchev–Trinajstić information content (AvgIpc) is 2.53. The van der Waals surface area contributed by atoms with Gasteiger partial charge in [-0.05, 0) is 25.8 Å². The van der Waals surface area contributed by atoms with Crippen LogP contribution in [0.2, 0.25) is 0 Å². The highest BCUT2D eigenvalue weighted by atomic mass is 14.9. The van der Waals surface area contributed by atoms with Gasteiger partial charge in [-0.2, -0.15) is 5.26 Å². The summed E-state index contributed by atoms with van der Waals surface area (Å²) in [6.45, 7) is 0. The summed E-state index contributed by atoms with van der Waals surface area (Å²) in [5, 5.41) is 11.4. The monoisotopic (exact) mass is 110 g/mol. The highest BCUT2D eigenvalue weighted by molar-refractivity contribution is 4.99. The first-order valence-electron chi connectivity index (χ1n) is 2.95. The van der Waals surface area contributed by atoms with Gasteiger partial charge in [0.15, 0.2) is 0 Å². The van der Waals surface area contributed by atoms with E-state index in [0.29, 0.717) is 5.92 Å². The van der Waals surface area contributed by atoms with E-state index in [0.717, 1.165) is 0 Å². The van der Waals surface area contributed by atoms with E-state index in [1.54, 1.807) is 0 Å². The summed E-state index contributed by atoms with van der Waals surface area (Å²) in [7, 11) is 1.84. The van der Waals surface area contributed by atoms with Crippen molar-refractivity contribution in [1.29, 1.82) is 5.26 Å². The van der Waals surface area contributed by atoms with Crippen LogP contribution in [0.25, 0.3) is 0 Å². The van der Waals surface area contributed by atoms with Gasteiger partial charge in [0.1, 0.15) is 0 Å². The molecule has 0 saturated heterocycles. The average molecular weight is 110 g/mol. The van der Waals surface area contributed by atoms with E-state index in [4.69, 9.17) is 5.26 Å². The fourth-order valence-corrected chi connectivity index (χ4v) is 0.835. The van der Waals surface area contributed by atoms with E-state index in [-0.39, 0.29) is 6.04 Å². The Kier molecular flexibility index (Phi) is 1.50. The maximum absolute atomic E-state index is 8.42. The van der Waals surface area contributed by atoms with Crippen LogP contribution >= 0.6 is 0 Å². The van der Waals surface area contributed by atoms with E-state index in [2.05, 4.69) is 11.4 Å². The van der Waals surface area contributed by atoms with Crippen molar-refractivity contribution < 1.29 is 0 Å². The Morgan fingerprint density at radius 2 is 2.38 bits per heavy atom. The molecular weight excluding hydrogens is 100 g/mol. The quantitative estimate of drug-likeness (QED) is 0.562. The van der Waals surface area contributed by atoms with Crippen LogP contribution in [-0.4, -0.2) is 13.1 Å². The van der Waals surface area contributed by atoms with Crippen LogP contribution in [0.1, 0.15) is 12.8 Å². The molecule has 1 fully saturated rings. The third-order valence-corrected chi connectivity index (χ3v) is 1.54. The van der Waals surface area contributed by atoms with E-state index in [1.807, 2.05) is 7.05 Å². The minimum Gasteiger partial charge on any atom is -0.305 e. The van der Waals surface area contributed by atoms with Crippen molar-refractivity contribution in [3.63, 3.8) is 0 Å². The van der Waals surface area contributed by atoms with Crippen molar-refractivity contribution in [3.05, 3.63) is 0 Å². The molecule has 44 valence electrons. The SMILES string of the molecule is CN[C@@H](C#N)C1CC1. The van der Waals surface area contributed by atoms with E-state index >= 15 is 0 Å². The largest absolute Gasteiger partial charge is 0.305 e. The zero-order valence-corrected chi connectivity index (χ0v) is 5.02. The molecule has 0 unspecified atom stereocenters. The molecule has 0 spiro atoms. The molecule has 0 heterocycles. The standard InChI is InChI=1S/C6H10N2/c1-8-6(4-7)5-2-3-5/h5-6,8H,2-3H2,1H3/t6-/m0/s1. The van der Waals surface area contributed by atoms with Crippen molar-refractivity contribution in [2.75, 3.05) is 7.05 Å². The molecule has 0 radical (unpaired) electrons. The number of nitrogens with one attached hydrogen (secondary N) is 1. The number of hydrogen-bond donors (Lipinski definition) is 1. The van der Waals surface area contributed by atoms with E-state index < -0.39 is 0 Å². The fourth-order valence-electron chi connectivity index (χ4n) is 0.835. The third-order valence-electron chi connectivity index (χ3n) is 1.54. The minimum absolute atomic E-state index is 0.120. The lowest BCUT2D eigenvalue weighted by atomic mass is 10.2. The van der Waals surface area contributed by atoms with Crippen molar-refractivity contribution in [2.24, 2.45) is 5.92 Å². The zero-order chi connectivity index (χ0) is 5.98. The summed E-state index contributed by atoms with van der Waals surface area (Å²) < 4.78 is 0. The molecular formula is C6H10N2. The Balaban J connectivity index is 2.29. The van der Waals surface area contributed by atoms with Crippen LogP contribution in [0.3, 0.4) is 0 Å². The van der Waals surface area contributed by atoms with Crippen LogP contribution in [0.4, 0.5) is 0 Å². The van der Waals surface area contributed by atoms with Gasteiger partial charge in [0, 0.05) is 0 Å². The lowest BCUT2D eigenvalue weighted by Gasteiger charge is -2.01. The topological polar surface area (TPSA) is 35.8 Å². The van der Waals surface area contributed by atoms with E-state index in [1.165, 1.54) is 12.8 Å². The molecule has 0 bridgehead atoms. The predicted octanol–water partition coefficient (Wildman–Crippen LogP) is 0.508. The van der Waals surface area contributed by atoms with Crippen LogP contribution < -0.4 is 5.32 Å². The second kappa shape index (κ2) is 2.15. The summed E-state index contributed by atoms with van der Waals surface area (Å²) in [4.78, 5) is 0. The molecule has 0 aromatic carbocycles. The summed E-state index contributed by atoms with van der Waals surface area (Å²) in [6, 6.07) is 2.32. The molecule has 8 heavy (non-hydrogen) atoms. The first-order chi connectivity index (χ1) is 3.88. The predicted molar refractivity (Wildman–Crippen MR) is 31.2 cm³/mol. The van der Waals surface area contributed by atoms with Gasteiger partial charge >= 0.3 is 0 Å². The Labute approximate surface area is 49.5 Å². The van der Waals surface area contributed by atoms with Crippen LogP contribution in [0, 0.1) is 17.2 Å². The number of nitrogens with zero attached hydrogens (tertiary/aromatic N) is 1. The molecule has 1 aliphatic rings. The molecule has 0 aromatic heterocycles. The van der Waals surface area contributed by atoms with Gasteiger partial charge in [0.2, 0.25) is 0 Å². The molecule has 1 aliphatic carbocycles. The number of hydrogen-bond acceptors (Lipinski definition) is 2. The smallest absolute Gasteiger partial charge is 0.0979 e. The molecule has 2 heteroatoms. The van der Waals surface area contributed by atoms with Gasteiger partial charge < -0.3 is 5.32 Å². The van der Waals surface area contributed by atoms with E-state index in [9.17, 15) is 0 Å². The molecule has 1 saturated carbocycles. The van der Waals surface area contributed by atoms with Crippen LogP contribution in [0.5, 0.6) is 0 Å². The van der Waals surface area contributed by atoms with Crippen molar-refractivity contribution >= 4 is 0 Å². The maximum atomic E-state index is 8.42. The van der Waals surface area contributed by atoms with Crippen molar-refractivity contribution in [2.45, 2.75) is 18.9 Å². The molecule has 1 rings (SSSR count). The Hall–Kier alpha value is -0.550. The number of nitriles is 1. The second-order valence-corrected chi connectivity index (χ2v) is 2.23. The fraction of sp³-hybridized carbons (Fsp3) is 0.833. The molecule has 0 aromatic rings. The molecule has 1 atom stereocenters. The lowest BCUT2D eigenvalue weighted by Crippen LogP contribution is -2.24. The summed E-state index contributed by atoms with van der Waals surface area (Å²) >= 11 is 0. The Bertz CT molecular complexity index is 110. The van der Waals surface area contributed by atoms with Crippen LogP contribution in [-0.2, 0) is 0 Å². The first-order valence-corrected chi connectivity index (χ1v) is 2.95. The van der Waals surface area contributed by atoms with Gasteiger partial charge in [0.25, 0.3) is 0 Å². The maximum Gasteiger partial charge on any atom is 0.0979 e. The third kappa shape index (κ3) is 0.988. The zero-order valence-electron chi connectivity index (χ0n) is 5.02. The summed E-state index contributed by atoms with van der Waals surface area (Å²) in [5.41, 5.74) is 0. The molecule has 0 amide bonds. The minimum atomic E-state index is 0.120. The summed E-state index contributed by atoms with van der Waals surface area (Å²) in [5.74, 6) is 0.657. The second-order valence-electron chi connectivity index (χ2n) is 2.23. The van der Waals surface area contributed by atoms with Crippen molar-refractivity contribution in [3.8, 4) is 6.07 Å². The Morgan fingerprint density at radius 3 is 2.50 bits per heavy atom.